The summed E-state index contributed by atoms with van der Waals surface area (Å²) in [5.74, 6) is 0. The molecule has 1 aliphatic rings. The number of halogens is 3. The smallest absolute Gasteiger partial charge is 0.0931 e. The SMILES string of the molecule is CCCCC[C@@H](c1ccc(Cl)s1)N1CCNCC1.Cl.Cl. The van der Waals surface area contributed by atoms with E-state index in [4.69, 9.17) is 11.6 Å². The number of piperazine rings is 1. The Labute approximate surface area is 144 Å². The van der Waals surface area contributed by atoms with Gasteiger partial charge in [0.2, 0.25) is 0 Å². The molecule has 2 nitrogen and oxygen atoms in total. The molecule has 1 aromatic rings. The third kappa shape index (κ3) is 6.08. The molecule has 1 aliphatic heterocycles. The van der Waals surface area contributed by atoms with Crippen molar-refractivity contribution in [3.05, 3.63) is 21.3 Å². The molecule has 118 valence electrons. The maximum Gasteiger partial charge on any atom is 0.0931 e. The molecular formula is C14H25Cl3N2S. The molecule has 0 saturated carbocycles. The Kier molecular flexibility index (Phi) is 11.4. The molecule has 1 fully saturated rings. The molecule has 0 aliphatic carbocycles. The maximum atomic E-state index is 6.09. The molecule has 0 spiro atoms. The largest absolute Gasteiger partial charge is 0.314 e. The summed E-state index contributed by atoms with van der Waals surface area (Å²) >= 11 is 7.84. The van der Waals surface area contributed by atoms with Crippen LogP contribution in [0.15, 0.2) is 12.1 Å². The van der Waals surface area contributed by atoms with Crippen LogP contribution in [0.2, 0.25) is 4.34 Å². The van der Waals surface area contributed by atoms with E-state index >= 15 is 0 Å². The van der Waals surface area contributed by atoms with E-state index in [9.17, 15) is 0 Å². The summed E-state index contributed by atoms with van der Waals surface area (Å²) in [5.41, 5.74) is 0. The predicted molar refractivity (Wildman–Crippen MR) is 95.2 cm³/mol. The normalized spacial score (nSPS) is 17.1. The highest BCUT2D eigenvalue weighted by Gasteiger charge is 2.22. The fourth-order valence-corrected chi connectivity index (χ4v) is 3.82. The van der Waals surface area contributed by atoms with E-state index in [0.29, 0.717) is 6.04 Å². The number of nitrogens with zero attached hydrogens (tertiary/aromatic N) is 1. The van der Waals surface area contributed by atoms with Crippen LogP contribution in [-0.2, 0) is 0 Å². The first kappa shape index (κ1) is 20.5. The van der Waals surface area contributed by atoms with Gasteiger partial charge < -0.3 is 5.32 Å². The van der Waals surface area contributed by atoms with E-state index in [1.165, 1.54) is 30.6 Å². The van der Waals surface area contributed by atoms with Crippen molar-refractivity contribution in [2.75, 3.05) is 26.2 Å². The first-order valence-electron chi connectivity index (χ1n) is 7.01. The van der Waals surface area contributed by atoms with E-state index in [2.05, 4.69) is 23.2 Å². The van der Waals surface area contributed by atoms with Gasteiger partial charge in [0.1, 0.15) is 0 Å². The third-order valence-electron chi connectivity index (χ3n) is 3.60. The number of nitrogens with one attached hydrogen (secondary N) is 1. The van der Waals surface area contributed by atoms with Gasteiger partial charge in [-0.3, -0.25) is 4.90 Å². The summed E-state index contributed by atoms with van der Waals surface area (Å²) in [6.07, 6.45) is 5.21. The average molecular weight is 360 g/mol. The Morgan fingerprint density at radius 1 is 1.25 bits per heavy atom. The minimum atomic E-state index is 0. The molecule has 1 N–H and O–H groups in total. The van der Waals surface area contributed by atoms with E-state index in [1.807, 2.05) is 6.07 Å². The second kappa shape index (κ2) is 11.1. The van der Waals surface area contributed by atoms with Gasteiger partial charge in [0, 0.05) is 37.1 Å². The molecule has 20 heavy (non-hydrogen) atoms. The summed E-state index contributed by atoms with van der Waals surface area (Å²) in [6.45, 7) is 6.81. The van der Waals surface area contributed by atoms with Crippen LogP contribution in [-0.4, -0.2) is 31.1 Å². The van der Waals surface area contributed by atoms with E-state index in [1.54, 1.807) is 11.3 Å². The number of thiophene rings is 1. The number of hydrogen-bond acceptors (Lipinski definition) is 3. The molecule has 0 amide bonds. The molecule has 0 aromatic carbocycles. The summed E-state index contributed by atoms with van der Waals surface area (Å²) in [4.78, 5) is 4.06. The van der Waals surface area contributed by atoms with E-state index in [0.717, 1.165) is 30.5 Å². The van der Waals surface area contributed by atoms with Crippen LogP contribution in [0, 0.1) is 0 Å². The van der Waals surface area contributed by atoms with Gasteiger partial charge in [-0.15, -0.1) is 36.2 Å². The topological polar surface area (TPSA) is 15.3 Å². The molecule has 2 heterocycles. The minimum absolute atomic E-state index is 0. The van der Waals surface area contributed by atoms with Crippen LogP contribution in [0.1, 0.15) is 43.5 Å². The lowest BCUT2D eigenvalue weighted by molar-refractivity contribution is 0.165. The minimum Gasteiger partial charge on any atom is -0.314 e. The average Bonchev–Trinajstić information content (AvgIpc) is 2.82. The van der Waals surface area contributed by atoms with E-state index < -0.39 is 0 Å². The van der Waals surface area contributed by atoms with Crippen LogP contribution in [0.5, 0.6) is 0 Å². The zero-order valence-corrected chi connectivity index (χ0v) is 15.1. The monoisotopic (exact) mass is 358 g/mol. The van der Waals surface area contributed by atoms with E-state index in [-0.39, 0.29) is 24.8 Å². The molecule has 2 rings (SSSR count). The second-order valence-electron chi connectivity index (χ2n) is 4.94. The highest BCUT2D eigenvalue weighted by atomic mass is 35.5. The molecule has 1 atom stereocenters. The van der Waals surface area contributed by atoms with Crippen molar-refractivity contribution in [2.24, 2.45) is 0 Å². The van der Waals surface area contributed by atoms with Crippen LogP contribution >= 0.6 is 47.8 Å². The molecule has 6 heteroatoms. The lowest BCUT2D eigenvalue weighted by Gasteiger charge is -2.34. The van der Waals surface area contributed by atoms with Gasteiger partial charge in [0.05, 0.1) is 4.34 Å². The Balaban J connectivity index is 0.00000180. The first-order chi connectivity index (χ1) is 8.81. The molecule has 0 radical (unpaired) electrons. The van der Waals surface area contributed by atoms with Crippen molar-refractivity contribution in [3.8, 4) is 0 Å². The van der Waals surface area contributed by atoms with Gasteiger partial charge in [-0.05, 0) is 18.6 Å². The molecule has 0 bridgehead atoms. The number of hydrogen-bond donors (Lipinski definition) is 1. The molecule has 1 aromatic heterocycles. The lowest BCUT2D eigenvalue weighted by Crippen LogP contribution is -2.45. The quantitative estimate of drug-likeness (QED) is 0.736. The Morgan fingerprint density at radius 2 is 1.95 bits per heavy atom. The summed E-state index contributed by atoms with van der Waals surface area (Å²) in [6, 6.07) is 4.83. The van der Waals surface area contributed by atoms with Crippen LogP contribution in [0.3, 0.4) is 0 Å². The van der Waals surface area contributed by atoms with Gasteiger partial charge >= 0.3 is 0 Å². The fourth-order valence-electron chi connectivity index (χ4n) is 2.59. The van der Waals surface area contributed by atoms with Crippen LogP contribution in [0.25, 0.3) is 0 Å². The van der Waals surface area contributed by atoms with Gasteiger partial charge in [-0.1, -0.05) is 37.8 Å². The zero-order chi connectivity index (χ0) is 12.8. The standard InChI is InChI=1S/C14H23ClN2S.2ClH/c1-2-3-4-5-12(13-6-7-14(15)18-13)17-10-8-16-9-11-17;;/h6-7,12,16H,2-5,8-11H2,1H3;2*1H/t12-;;/m0../s1. The fraction of sp³-hybridized carbons (Fsp3) is 0.714. The van der Waals surface area contributed by atoms with Gasteiger partial charge in [0.25, 0.3) is 0 Å². The van der Waals surface area contributed by atoms with Crippen LogP contribution in [0.4, 0.5) is 0 Å². The highest BCUT2D eigenvalue weighted by molar-refractivity contribution is 7.16. The molecule has 0 unspecified atom stereocenters. The Morgan fingerprint density at radius 3 is 2.50 bits per heavy atom. The lowest BCUT2D eigenvalue weighted by atomic mass is 10.0. The van der Waals surface area contributed by atoms with Gasteiger partial charge in [-0.2, -0.15) is 0 Å². The van der Waals surface area contributed by atoms with Gasteiger partial charge in [0.15, 0.2) is 0 Å². The number of unbranched alkanes of at least 4 members (excludes halogenated alkanes) is 2. The molecule has 1 saturated heterocycles. The third-order valence-corrected chi connectivity index (χ3v) is 4.93. The maximum absolute atomic E-state index is 6.09. The highest BCUT2D eigenvalue weighted by Crippen LogP contribution is 2.34. The number of rotatable bonds is 6. The van der Waals surface area contributed by atoms with Crippen molar-refractivity contribution in [3.63, 3.8) is 0 Å². The van der Waals surface area contributed by atoms with Gasteiger partial charge in [-0.25, -0.2) is 0 Å². The van der Waals surface area contributed by atoms with Crippen molar-refractivity contribution in [1.29, 1.82) is 0 Å². The van der Waals surface area contributed by atoms with Crippen molar-refractivity contribution >= 4 is 47.8 Å². The summed E-state index contributed by atoms with van der Waals surface area (Å²) in [7, 11) is 0. The Bertz CT molecular complexity index is 354. The first-order valence-corrected chi connectivity index (χ1v) is 8.20. The summed E-state index contributed by atoms with van der Waals surface area (Å²) in [5, 5.41) is 3.43. The van der Waals surface area contributed by atoms with Crippen molar-refractivity contribution in [1.82, 2.24) is 10.2 Å². The Hall–Kier alpha value is 0.490. The summed E-state index contributed by atoms with van der Waals surface area (Å²) < 4.78 is 0.917. The van der Waals surface area contributed by atoms with Crippen LogP contribution < -0.4 is 5.32 Å². The van der Waals surface area contributed by atoms with Crippen molar-refractivity contribution in [2.45, 2.75) is 38.6 Å². The zero-order valence-electron chi connectivity index (χ0n) is 11.9. The predicted octanol–water partition coefficient (Wildman–Crippen LogP) is 4.77. The second-order valence-corrected chi connectivity index (χ2v) is 6.69. The van der Waals surface area contributed by atoms with Crippen molar-refractivity contribution < 1.29 is 0 Å². The molecular weight excluding hydrogens is 335 g/mol.